The van der Waals surface area contributed by atoms with Crippen LogP contribution in [-0.2, 0) is 6.54 Å². The third-order valence-corrected chi connectivity index (χ3v) is 6.26. The van der Waals surface area contributed by atoms with Crippen molar-refractivity contribution in [3.63, 3.8) is 0 Å². The number of rotatable bonds is 7. The maximum atomic E-state index is 12.8. The number of amides is 1. The summed E-state index contributed by atoms with van der Waals surface area (Å²) in [7, 11) is 0. The molecule has 0 bridgehead atoms. The van der Waals surface area contributed by atoms with E-state index in [1.54, 1.807) is 0 Å². The summed E-state index contributed by atoms with van der Waals surface area (Å²) >= 11 is 5.97. The zero-order valence-electron chi connectivity index (χ0n) is 19.3. The van der Waals surface area contributed by atoms with Crippen LogP contribution in [-0.4, -0.2) is 23.4 Å². The van der Waals surface area contributed by atoms with Gasteiger partial charge >= 0.3 is 0 Å². The second-order valence-corrected chi connectivity index (χ2v) is 9.03. The number of carbonyl (C=O) groups is 1. The number of anilines is 1. The summed E-state index contributed by atoms with van der Waals surface area (Å²) in [5.41, 5.74) is 4.83. The molecule has 1 N–H and O–H groups in total. The molecule has 4 aromatic rings. The van der Waals surface area contributed by atoms with Crippen molar-refractivity contribution >= 4 is 34.0 Å². The largest absolute Gasteiger partial charge is 0.322 e. The predicted octanol–water partition coefficient (Wildman–Crippen LogP) is 7.64. The van der Waals surface area contributed by atoms with E-state index in [0.717, 1.165) is 35.3 Å². The number of fused-ring (bicyclic) bond motifs is 1. The van der Waals surface area contributed by atoms with Crippen molar-refractivity contribution in [1.29, 1.82) is 0 Å². The van der Waals surface area contributed by atoms with Crippen LogP contribution < -0.4 is 5.32 Å². The smallest absolute Gasteiger partial charge is 0.255 e. The molecule has 4 rings (SSSR count). The average molecular weight is 457 g/mol. The molecule has 33 heavy (non-hydrogen) atoms. The van der Waals surface area contributed by atoms with Crippen molar-refractivity contribution < 1.29 is 4.79 Å². The molecule has 3 nitrogen and oxygen atoms in total. The summed E-state index contributed by atoms with van der Waals surface area (Å²) in [6.07, 6.45) is 0. The molecule has 0 fully saturated rings. The van der Waals surface area contributed by atoms with Gasteiger partial charge in [-0.2, -0.15) is 0 Å². The Bertz CT molecular complexity index is 1250. The van der Waals surface area contributed by atoms with Crippen LogP contribution in [0.3, 0.4) is 0 Å². The molecule has 4 aromatic carbocycles. The number of carbonyl (C=O) groups excluding carboxylic acids is 1. The van der Waals surface area contributed by atoms with E-state index < -0.39 is 0 Å². The van der Waals surface area contributed by atoms with Crippen molar-refractivity contribution in [2.24, 2.45) is 0 Å². The second kappa shape index (κ2) is 10.2. The van der Waals surface area contributed by atoms with Gasteiger partial charge in [0, 0.05) is 28.9 Å². The van der Waals surface area contributed by atoms with Gasteiger partial charge in [0.05, 0.1) is 0 Å². The third kappa shape index (κ3) is 5.62. The number of nitrogens with zero attached hydrogens (tertiary/aromatic N) is 1. The molecule has 1 amide bonds. The molecule has 4 heteroatoms. The van der Waals surface area contributed by atoms with Gasteiger partial charge in [-0.25, -0.2) is 0 Å². The monoisotopic (exact) mass is 456 g/mol. The van der Waals surface area contributed by atoms with E-state index in [-0.39, 0.29) is 5.91 Å². The van der Waals surface area contributed by atoms with Gasteiger partial charge in [-0.15, -0.1) is 0 Å². The lowest BCUT2D eigenvalue weighted by Crippen LogP contribution is -2.29. The molecule has 0 saturated heterocycles. The highest BCUT2D eigenvalue weighted by molar-refractivity contribution is 6.30. The van der Waals surface area contributed by atoms with E-state index in [1.165, 1.54) is 10.9 Å². The molecule has 0 unspecified atom stereocenters. The minimum absolute atomic E-state index is 0.121. The molecule has 0 spiro atoms. The minimum atomic E-state index is -0.121. The van der Waals surface area contributed by atoms with Gasteiger partial charge in [-0.1, -0.05) is 61.0 Å². The van der Waals surface area contributed by atoms with E-state index in [2.05, 4.69) is 55.3 Å². The van der Waals surface area contributed by atoms with E-state index in [4.69, 9.17) is 11.6 Å². The van der Waals surface area contributed by atoms with Crippen LogP contribution in [0.1, 0.15) is 36.7 Å². The summed E-state index contributed by atoms with van der Waals surface area (Å²) < 4.78 is 0. The Morgan fingerprint density at radius 1 is 0.848 bits per heavy atom. The van der Waals surface area contributed by atoms with Gasteiger partial charge in [0.15, 0.2) is 0 Å². The van der Waals surface area contributed by atoms with Gasteiger partial charge in [0.2, 0.25) is 0 Å². The first-order valence-electron chi connectivity index (χ1n) is 11.4. The van der Waals surface area contributed by atoms with Crippen molar-refractivity contribution in [2.45, 2.75) is 33.4 Å². The topological polar surface area (TPSA) is 32.3 Å². The minimum Gasteiger partial charge on any atom is -0.322 e. The Hall–Kier alpha value is -3.14. The van der Waals surface area contributed by atoms with Gasteiger partial charge in [-0.3, -0.25) is 9.69 Å². The van der Waals surface area contributed by atoms with Crippen LogP contribution in [0.5, 0.6) is 0 Å². The first kappa shape index (κ1) is 23.0. The number of hydrogen-bond donors (Lipinski definition) is 1. The van der Waals surface area contributed by atoms with Crippen molar-refractivity contribution in [1.82, 2.24) is 4.90 Å². The van der Waals surface area contributed by atoms with Gasteiger partial charge < -0.3 is 5.32 Å². The summed E-state index contributed by atoms with van der Waals surface area (Å²) in [5, 5.41) is 6.02. The molecule has 0 atom stereocenters. The SMILES string of the molecule is CCN(Cc1ccc2cc(NC(=O)c3ccc(-c4ccc(Cl)cc4)cc3)ccc2c1)C(C)C. The lowest BCUT2D eigenvalue weighted by atomic mass is 10.0. The highest BCUT2D eigenvalue weighted by Gasteiger charge is 2.10. The average Bonchev–Trinajstić information content (AvgIpc) is 2.83. The molecule has 0 saturated carbocycles. The highest BCUT2D eigenvalue weighted by Crippen LogP contribution is 2.24. The van der Waals surface area contributed by atoms with E-state index in [9.17, 15) is 4.79 Å². The number of benzene rings is 4. The predicted molar refractivity (Wildman–Crippen MR) is 140 cm³/mol. The summed E-state index contributed by atoms with van der Waals surface area (Å²) in [6, 6.07) is 28.4. The van der Waals surface area contributed by atoms with Crippen LogP contribution >= 0.6 is 11.6 Å². The number of halogens is 1. The fourth-order valence-corrected chi connectivity index (χ4v) is 4.15. The van der Waals surface area contributed by atoms with Gasteiger partial charge in [-0.05, 0) is 90.3 Å². The van der Waals surface area contributed by atoms with Crippen LogP contribution in [0.25, 0.3) is 21.9 Å². The molecule has 0 aliphatic carbocycles. The first-order chi connectivity index (χ1) is 15.9. The molecule has 0 heterocycles. The first-order valence-corrected chi connectivity index (χ1v) is 11.7. The Labute approximate surface area is 201 Å². The normalized spacial score (nSPS) is 11.3. The summed E-state index contributed by atoms with van der Waals surface area (Å²) in [5.74, 6) is -0.121. The van der Waals surface area contributed by atoms with Crippen LogP contribution in [0.15, 0.2) is 84.9 Å². The molecule has 168 valence electrons. The van der Waals surface area contributed by atoms with E-state index in [1.807, 2.05) is 60.7 Å². The Morgan fingerprint density at radius 2 is 1.45 bits per heavy atom. The van der Waals surface area contributed by atoms with Gasteiger partial charge in [0.25, 0.3) is 5.91 Å². The lowest BCUT2D eigenvalue weighted by molar-refractivity contribution is 0.102. The van der Waals surface area contributed by atoms with Crippen LogP contribution in [0.4, 0.5) is 5.69 Å². The maximum Gasteiger partial charge on any atom is 0.255 e. The molecule has 0 aliphatic heterocycles. The molecule has 0 aliphatic rings. The zero-order chi connectivity index (χ0) is 23.4. The van der Waals surface area contributed by atoms with Crippen molar-refractivity contribution in [2.75, 3.05) is 11.9 Å². The Balaban J connectivity index is 1.46. The summed E-state index contributed by atoms with van der Waals surface area (Å²) in [4.78, 5) is 15.2. The number of hydrogen-bond acceptors (Lipinski definition) is 2. The van der Waals surface area contributed by atoms with E-state index in [0.29, 0.717) is 16.6 Å². The molecular formula is C29H29ClN2O. The highest BCUT2D eigenvalue weighted by atomic mass is 35.5. The van der Waals surface area contributed by atoms with Crippen molar-refractivity contribution in [3.8, 4) is 11.1 Å². The molecular weight excluding hydrogens is 428 g/mol. The quantitative estimate of drug-likeness (QED) is 0.310. The zero-order valence-corrected chi connectivity index (χ0v) is 20.1. The second-order valence-electron chi connectivity index (χ2n) is 8.59. The van der Waals surface area contributed by atoms with Crippen LogP contribution in [0.2, 0.25) is 5.02 Å². The number of nitrogens with one attached hydrogen (secondary N) is 1. The maximum absolute atomic E-state index is 12.8. The third-order valence-electron chi connectivity index (χ3n) is 6.01. The fourth-order valence-electron chi connectivity index (χ4n) is 4.02. The standard InChI is InChI=1S/C29H29ClN2O/c1-4-32(20(2)3)19-21-5-6-26-18-28(16-13-25(26)17-21)31-29(33)24-9-7-22(8-10-24)23-11-14-27(30)15-12-23/h5-18,20H,4,19H2,1-3H3,(H,31,33). The summed E-state index contributed by atoms with van der Waals surface area (Å²) in [6.45, 7) is 8.62. The molecule has 0 aromatic heterocycles. The van der Waals surface area contributed by atoms with E-state index >= 15 is 0 Å². The van der Waals surface area contributed by atoms with Crippen LogP contribution in [0, 0.1) is 0 Å². The Morgan fingerprint density at radius 3 is 2.09 bits per heavy atom. The molecule has 0 radical (unpaired) electrons. The lowest BCUT2D eigenvalue weighted by Gasteiger charge is -2.24. The Kier molecular flexibility index (Phi) is 7.12. The van der Waals surface area contributed by atoms with Gasteiger partial charge in [0.1, 0.15) is 0 Å². The van der Waals surface area contributed by atoms with Crippen molar-refractivity contribution in [3.05, 3.63) is 101 Å². The fraction of sp³-hybridized carbons (Fsp3) is 0.207.